The summed E-state index contributed by atoms with van der Waals surface area (Å²) in [6.07, 6.45) is 2.53. The van der Waals surface area contributed by atoms with Crippen molar-refractivity contribution >= 4 is 27.5 Å². The van der Waals surface area contributed by atoms with E-state index < -0.39 is 0 Å². The van der Waals surface area contributed by atoms with Gasteiger partial charge < -0.3 is 9.47 Å². The van der Waals surface area contributed by atoms with Crippen LogP contribution in [-0.2, 0) is 0 Å². The van der Waals surface area contributed by atoms with Gasteiger partial charge in [-0.05, 0) is 52.7 Å². The molecular weight excluding hydrogens is 330 g/mol. The molecule has 0 spiro atoms. The van der Waals surface area contributed by atoms with Gasteiger partial charge in [0, 0.05) is 6.20 Å². The number of pyridine rings is 1. The lowest BCUT2D eigenvalue weighted by atomic mass is 10.3. The largest absolute Gasteiger partial charge is 0.494 e. The maximum Gasteiger partial charge on any atom is 0.233 e. The Bertz CT molecular complexity index is 546. The Kier molecular flexibility index (Phi) is 5.05. The molecule has 0 atom stereocenters. The van der Waals surface area contributed by atoms with E-state index in [4.69, 9.17) is 21.1 Å². The van der Waals surface area contributed by atoms with Crippen molar-refractivity contribution in [2.24, 2.45) is 0 Å². The zero-order valence-corrected chi connectivity index (χ0v) is 12.7. The number of hydrogen-bond acceptors (Lipinski definition) is 3. The molecule has 2 rings (SSSR count). The first kappa shape index (κ1) is 14.2. The SMILES string of the molecule is CCCOc1ccc(Oc2ncc(Cl)cc2Br)cc1. The normalized spacial score (nSPS) is 10.3. The molecule has 0 aliphatic carbocycles. The van der Waals surface area contributed by atoms with Crippen LogP contribution in [0, 0.1) is 0 Å². The zero-order valence-electron chi connectivity index (χ0n) is 10.4. The van der Waals surface area contributed by atoms with E-state index in [1.54, 1.807) is 12.3 Å². The van der Waals surface area contributed by atoms with Crippen LogP contribution in [0.2, 0.25) is 5.02 Å². The van der Waals surface area contributed by atoms with Gasteiger partial charge in [0.1, 0.15) is 11.5 Å². The number of aromatic nitrogens is 1. The van der Waals surface area contributed by atoms with E-state index in [1.165, 1.54) is 0 Å². The van der Waals surface area contributed by atoms with Crippen molar-refractivity contribution < 1.29 is 9.47 Å². The van der Waals surface area contributed by atoms with Crippen molar-refractivity contribution in [3.8, 4) is 17.4 Å². The van der Waals surface area contributed by atoms with Crippen LogP contribution >= 0.6 is 27.5 Å². The number of halogens is 2. The predicted octanol–water partition coefficient (Wildman–Crippen LogP) is 5.08. The topological polar surface area (TPSA) is 31.4 Å². The zero-order chi connectivity index (χ0) is 13.7. The van der Waals surface area contributed by atoms with Gasteiger partial charge in [-0.3, -0.25) is 0 Å². The molecule has 0 fully saturated rings. The summed E-state index contributed by atoms with van der Waals surface area (Å²) in [4.78, 5) is 4.11. The molecule has 0 bridgehead atoms. The molecule has 1 heterocycles. The summed E-state index contributed by atoms with van der Waals surface area (Å²) in [5.74, 6) is 2.00. The van der Waals surface area contributed by atoms with Gasteiger partial charge in [0.15, 0.2) is 0 Å². The highest BCUT2D eigenvalue weighted by atomic mass is 79.9. The third-order valence-corrected chi connectivity index (χ3v) is 3.06. The fraction of sp³-hybridized carbons (Fsp3) is 0.214. The molecular formula is C14H13BrClNO2. The maximum atomic E-state index is 5.82. The minimum atomic E-state index is 0.478. The van der Waals surface area contributed by atoms with Crippen LogP contribution in [0.4, 0.5) is 0 Å². The van der Waals surface area contributed by atoms with E-state index in [2.05, 4.69) is 27.8 Å². The summed E-state index contributed by atoms with van der Waals surface area (Å²) in [5, 5.41) is 0.558. The second-order valence-electron chi connectivity index (χ2n) is 3.86. The van der Waals surface area contributed by atoms with E-state index in [1.807, 2.05) is 24.3 Å². The predicted molar refractivity (Wildman–Crippen MR) is 79.2 cm³/mol. The molecule has 0 radical (unpaired) electrons. The molecule has 1 aromatic carbocycles. The van der Waals surface area contributed by atoms with Crippen molar-refractivity contribution in [1.29, 1.82) is 0 Å². The number of rotatable bonds is 5. The monoisotopic (exact) mass is 341 g/mol. The number of hydrogen-bond donors (Lipinski definition) is 0. The highest BCUT2D eigenvalue weighted by Crippen LogP contribution is 2.30. The van der Waals surface area contributed by atoms with Crippen LogP contribution in [-0.4, -0.2) is 11.6 Å². The average molecular weight is 343 g/mol. The first-order valence-corrected chi connectivity index (χ1v) is 7.08. The summed E-state index contributed by atoms with van der Waals surface area (Å²) in [6.45, 7) is 2.78. The lowest BCUT2D eigenvalue weighted by Crippen LogP contribution is -1.94. The molecule has 1 aromatic heterocycles. The van der Waals surface area contributed by atoms with Gasteiger partial charge in [0.25, 0.3) is 0 Å². The Morgan fingerprint density at radius 3 is 2.53 bits per heavy atom. The summed E-state index contributed by atoms with van der Waals surface area (Å²) >= 11 is 9.18. The average Bonchev–Trinajstić information content (AvgIpc) is 2.41. The highest BCUT2D eigenvalue weighted by Gasteiger charge is 2.05. The standard InChI is InChI=1S/C14H13BrClNO2/c1-2-7-18-11-3-5-12(6-4-11)19-14-13(15)8-10(16)9-17-14/h3-6,8-9H,2,7H2,1H3. The molecule has 100 valence electrons. The van der Waals surface area contributed by atoms with Crippen molar-refractivity contribution in [3.05, 3.63) is 46.0 Å². The van der Waals surface area contributed by atoms with Crippen molar-refractivity contribution in [2.45, 2.75) is 13.3 Å². The van der Waals surface area contributed by atoms with Crippen molar-refractivity contribution in [3.63, 3.8) is 0 Å². The van der Waals surface area contributed by atoms with Crippen LogP contribution < -0.4 is 9.47 Å². The minimum absolute atomic E-state index is 0.478. The third kappa shape index (κ3) is 4.11. The van der Waals surface area contributed by atoms with Gasteiger partial charge in [0.05, 0.1) is 16.1 Å². The molecule has 19 heavy (non-hydrogen) atoms. The van der Waals surface area contributed by atoms with Gasteiger partial charge in [-0.25, -0.2) is 4.98 Å². The lowest BCUT2D eigenvalue weighted by Gasteiger charge is -2.08. The van der Waals surface area contributed by atoms with E-state index in [0.717, 1.165) is 12.2 Å². The van der Waals surface area contributed by atoms with Crippen LogP contribution in [0.3, 0.4) is 0 Å². The molecule has 0 aliphatic heterocycles. The smallest absolute Gasteiger partial charge is 0.233 e. The highest BCUT2D eigenvalue weighted by molar-refractivity contribution is 9.10. The minimum Gasteiger partial charge on any atom is -0.494 e. The molecule has 0 N–H and O–H groups in total. The Morgan fingerprint density at radius 1 is 1.21 bits per heavy atom. The van der Waals surface area contributed by atoms with E-state index >= 15 is 0 Å². The van der Waals surface area contributed by atoms with E-state index in [-0.39, 0.29) is 0 Å². The molecule has 0 unspecified atom stereocenters. The Morgan fingerprint density at radius 2 is 1.89 bits per heavy atom. The molecule has 0 amide bonds. The summed E-state index contributed by atoms with van der Waals surface area (Å²) in [6, 6.07) is 9.16. The van der Waals surface area contributed by atoms with Crippen molar-refractivity contribution in [2.75, 3.05) is 6.61 Å². The number of benzene rings is 1. The van der Waals surface area contributed by atoms with Crippen LogP contribution in [0.25, 0.3) is 0 Å². The Labute approximate surface area is 125 Å². The Balaban J connectivity index is 2.06. The Hall–Kier alpha value is -1.26. The maximum absolute atomic E-state index is 5.82. The fourth-order valence-corrected chi connectivity index (χ4v) is 2.13. The lowest BCUT2D eigenvalue weighted by molar-refractivity contribution is 0.317. The molecule has 2 aromatic rings. The van der Waals surface area contributed by atoms with Gasteiger partial charge in [0.2, 0.25) is 5.88 Å². The summed E-state index contributed by atoms with van der Waals surface area (Å²) in [5.41, 5.74) is 0. The first-order valence-electron chi connectivity index (χ1n) is 5.91. The first-order chi connectivity index (χ1) is 9.19. The second kappa shape index (κ2) is 6.78. The van der Waals surface area contributed by atoms with Gasteiger partial charge in [-0.2, -0.15) is 0 Å². The van der Waals surface area contributed by atoms with Gasteiger partial charge in [-0.1, -0.05) is 18.5 Å². The molecule has 3 nitrogen and oxygen atoms in total. The molecule has 0 saturated heterocycles. The van der Waals surface area contributed by atoms with Crippen LogP contribution in [0.15, 0.2) is 41.0 Å². The van der Waals surface area contributed by atoms with Crippen LogP contribution in [0.1, 0.15) is 13.3 Å². The molecule has 0 saturated carbocycles. The van der Waals surface area contributed by atoms with Crippen LogP contribution in [0.5, 0.6) is 17.4 Å². The second-order valence-corrected chi connectivity index (χ2v) is 5.15. The fourth-order valence-electron chi connectivity index (χ4n) is 1.41. The summed E-state index contributed by atoms with van der Waals surface area (Å²) in [7, 11) is 0. The number of ether oxygens (including phenoxy) is 2. The molecule has 0 aliphatic rings. The molecule has 5 heteroatoms. The van der Waals surface area contributed by atoms with Gasteiger partial charge in [-0.15, -0.1) is 0 Å². The third-order valence-electron chi connectivity index (χ3n) is 2.29. The van der Waals surface area contributed by atoms with E-state index in [0.29, 0.717) is 27.7 Å². The quantitative estimate of drug-likeness (QED) is 0.759. The van der Waals surface area contributed by atoms with Crippen molar-refractivity contribution in [1.82, 2.24) is 4.98 Å². The van der Waals surface area contributed by atoms with Gasteiger partial charge >= 0.3 is 0 Å². The summed E-state index contributed by atoms with van der Waals surface area (Å²) < 4.78 is 11.9. The van der Waals surface area contributed by atoms with E-state index in [9.17, 15) is 0 Å². The number of nitrogens with zero attached hydrogens (tertiary/aromatic N) is 1.